The molecule has 2 fully saturated rings. The minimum atomic E-state index is -0.168. The molecule has 0 aliphatic heterocycles. The zero-order valence-electron chi connectivity index (χ0n) is 12.6. The second-order valence-electron chi connectivity index (χ2n) is 6.84. The third kappa shape index (κ3) is 2.97. The van der Waals surface area contributed by atoms with Crippen molar-refractivity contribution in [3.8, 4) is 12.3 Å². The molecule has 2 aliphatic carbocycles. The van der Waals surface area contributed by atoms with Gasteiger partial charge >= 0.3 is 0 Å². The van der Waals surface area contributed by atoms with Gasteiger partial charge in [0.25, 0.3) is 0 Å². The van der Waals surface area contributed by atoms with Gasteiger partial charge in [-0.1, -0.05) is 19.8 Å². The van der Waals surface area contributed by atoms with Gasteiger partial charge in [-0.25, -0.2) is 0 Å². The molecule has 0 heterocycles. The number of ether oxygens (including phenoxy) is 1. The second kappa shape index (κ2) is 5.44. The molecule has 2 aliphatic rings. The monoisotopic (exact) mass is 264 g/mol. The van der Waals surface area contributed by atoms with Crippen LogP contribution in [0.25, 0.3) is 0 Å². The largest absolute Gasteiger partial charge is 0.378 e. The van der Waals surface area contributed by atoms with E-state index in [2.05, 4.69) is 24.7 Å². The zero-order chi connectivity index (χ0) is 14.1. The van der Waals surface area contributed by atoms with Crippen molar-refractivity contribution in [1.29, 1.82) is 0 Å². The Kier molecular flexibility index (Phi) is 4.25. The van der Waals surface area contributed by atoms with Gasteiger partial charge in [-0.15, -0.1) is 6.42 Å². The quantitative estimate of drug-likeness (QED) is 0.713. The average Bonchev–Trinajstić information content (AvgIpc) is 3.13. The summed E-state index contributed by atoms with van der Waals surface area (Å²) >= 11 is 0. The molecule has 19 heavy (non-hydrogen) atoms. The molecule has 2 N–H and O–H groups in total. The minimum absolute atomic E-state index is 0.0272. The van der Waals surface area contributed by atoms with E-state index in [1.165, 1.54) is 12.8 Å². The molecule has 0 aromatic carbocycles. The molecule has 0 radical (unpaired) electrons. The molecular formula is C16H28N2O. The smallest absolute Gasteiger partial charge is 0.0662 e. The lowest BCUT2D eigenvalue weighted by atomic mass is 9.54. The highest BCUT2D eigenvalue weighted by atomic mass is 16.5. The third-order valence-electron chi connectivity index (χ3n) is 5.04. The molecular weight excluding hydrogens is 236 g/mol. The molecule has 0 bridgehead atoms. The highest BCUT2D eigenvalue weighted by Gasteiger charge is 2.58. The highest BCUT2D eigenvalue weighted by molar-refractivity contribution is 5.15. The number of terminal acetylenes is 1. The lowest BCUT2D eigenvalue weighted by molar-refractivity contribution is -0.156. The number of hydrogen-bond donors (Lipinski definition) is 1. The summed E-state index contributed by atoms with van der Waals surface area (Å²) in [6.45, 7) is 9.97. The summed E-state index contributed by atoms with van der Waals surface area (Å²) in [5, 5.41) is 0. The Morgan fingerprint density at radius 1 is 1.42 bits per heavy atom. The maximum absolute atomic E-state index is 6.64. The molecule has 0 aromatic rings. The third-order valence-corrected chi connectivity index (χ3v) is 5.04. The van der Waals surface area contributed by atoms with Gasteiger partial charge in [0.15, 0.2) is 0 Å². The van der Waals surface area contributed by atoms with E-state index in [4.69, 9.17) is 16.9 Å². The van der Waals surface area contributed by atoms with E-state index >= 15 is 0 Å². The maximum atomic E-state index is 6.64. The summed E-state index contributed by atoms with van der Waals surface area (Å²) in [6.07, 6.45) is 9.42. The lowest BCUT2D eigenvalue weighted by Gasteiger charge is -2.60. The Labute approximate surface area is 117 Å². The first kappa shape index (κ1) is 14.8. The highest BCUT2D eigenvalue weighted by Crippen LogP contribution is 2.50. The van der Waals surface area contributed by atoms with Crippen LogP contribution in [0.5, 0.6) is 0 Å². The molecule has 108 valence electrons. The van der Waals surface area contributed by atoms with Crippen molar-refractivity contribution in [2.45, 2.75) is 51.7 Å². The van der Waals surface area contributed by atoms with Crippen LogP contribution < -0.4 is 5.73 Å². The van der Waals surface area contributed by atoms with E-state index in [0.717, 1.165) is 32.0 Å². The Hall–Kier alpha value is -0.560. The molecule has 3 heteroatoms. The SMILES string of the molecule is C#CCN(CC1CC1)CC1(N)CC(OCC)C1(C)C. The van der Waals surface area contributed by atoms with Crippen molar-refractivity contribution in [2.75, 3.05) is 26.2 Å². The molecule has 2 atom stereocenters. The van der Waals surface area contributed by atoms with Crippen molar-refractivity contribution in [2.24, 2.45) is 17.1 Å². The van der Waals surface area contributed by atoms with Crippen LogP contribution in [0.15, 0.2) is 0 Å². The first-order chi connectivity index (χ1) is 8.93. The molecule has 2 unspecified atom stereocenters. The van der Waals surface area contributed by atoms with Crippen LogP contribution in [0.1, 0.15) is 40.0 Å². The van der Waals surface area contributed by atoms with Gasteiger partial charge in [0, 0.05) is 30.7 Å². The van der Waals surface area contributed by atoms with Crippen LogP contribution in [-0.4, -0.2) is 42.8 Å². The van der Waals surface area contributed by atoms with Gasteiger partial charge < -0.3 is 10.5 Å². The summed E-state index contributed by atoms with van der Waals surface area (Å²) in [6, 6.07) is 0. The normalized spacial score (nSPS) is 32.9. The van der Waals surface area contributed by atoms with Gasteiger partial charge in [0.05, 0.1) is 12.6 Å². The molecule has 0 amide bonds. The van der Waals surface area contributed by atoms with E-state index in [9.17, 15) is 0 Å². The van der Waals surface area contributed by atoms with Crippen LogP contribution in [0.2, 0.25) is 0 Å². The number of nitrogens with zero attached hydrogens (tertiary/aromatic N) is 1. The van der Waals surface area contributed by atoms with Crippen molar-refractivity contribution in [3.63, 3.8) is 0 Å². The van der Waals surface area contributed by atoms with Crippen molar-refractivity contribution < 1.29 is 4.74 Å². The first-order valence-electron chi connectivity index (χ1n) is 7.49. The van der Waals surface area contributed by atoms with Gasteiger partial charge in [-0.3, -0.25) is 4.90 Å². The van der Waals surface area contributed by atoms with Crippen molar-refractivity contribution >= 4 is 0 Å². The second-order valence-corrected chi connectivity index (χ2v) is 6.84. The average molecular weight is 264 g/mol. The zero-order valence-corrected chi connectivity index (χ0v) is 12.6. The van der Waals surface area contributed by atoms with E-state index in [1.54, 1.807) is 0 Å². The van der Waals surface area contributed by atoms with E-state index in [-0.39, 0.29) is 17.1 Å². The Morgan fingerprint density at radius 2 is 2.11 bits per heavy atom. The fourth-order valence-electron chi connectivity index (χ4n) is 3.15. The van der Waals surface area contributed by atoms with Gasteiger partial charge in [-0.05, 0) is 32.1 Å². The Morgan fingerprint density at radius 3 is 2.58 bits per heavy atom. The standard InChI is InChI=1S/C16H28N2O/c1-5-9-18(11-13-7-8-13)12-16(17)10-14(19-6-2)15(16,3)4/h1,13-14H,6-12,17H2,2-4H3. The van der Waals surface area contributed by atoms with Crippen LogP contribution in [-0.2, 0) is 4.74 Å². The predicted octanol–water partition coefficient (Wildman–Crippen LogP) is 1.86. The van der Waals surface area contributed by atoms with Crippen LogP contribution >= 0.6 is 0 Å². The maximum Gasteiger partial charge on any atom is 0.0662 e. The summed E-state index contributed by atoms with van der Waals surface area (Å²) in [4.78, 5) is 2.36. The van der Waals surface area contributed by atoms with Crippen LogP contribution in [0.4, 0.5) is 0 Å². The van der Waals surface area contributed by atoms with Gasteiger partial charge in [0.1, 0.15) is 0 Å². The summed E-state index contributed by atoms with van der Waals surface area (Å²) in [5.74, 6) is 3.62. The number of hydrogen-bond acceptors (Lipinski definition) is 3. The molecule has 0 saturated heterocycles. The Balaban J connectivity index is 1.94. The molecule has 2 rings (SSSR count). The van der Waals surface area contributed by atoms with E-state index in [0.29, 0.717) is 6.54 Å². The van der Waals surface area contributed by atoms with Gasteiger partial charge in [0.2, 0.25) is 0 Å². The van der Waals surface area contributed by atoms with Crippen molar-refractivity contribution in [1.82, 2.24) is 4.90 Å². The van der Waals surface area contributed by atoms with E-state index < -0.39 is 0 Å². The fourth-order valence-corrected chi connectivity index (χ4v) is 3.15. The number of rotatable bonds is 7. The summed E-state index contributed by atoms with van der Waals surface area (Å²) < 4.78 is 5.78. The van der Waals surface area contributed by atoms with Gasteiger partial charge in [-0.2, -0.15) is 0 Å². The summed E-state index contributed by atoms with van der Waals surface area (Å²) in [5.41, 5.74) is 6.50. The topological polar surface area (TPSA) is 38.5 Å². The number of nitrogens with two attached hydrogens (primary N) is 1. The lowest BCUT2D eigenvalue weighted by Crippen LogP contribution is -2.73. The fraction of sp³-hybridized carbons (Fsp3) is 0.875. The summed E-state index contributed by atoms with van der Waals surface area (Å²) in [7, 11) is 0. The molecule has 3 nitrogen and oxygen atoms in total. The molecule has 0 spiro atoms. The van der Waals surface area contributed by atoms with Crippen LogP contribution in [0.3, 0.4) is 0 Å². The van der Waals surface area contributed by atoms with Crippen LogP contribution in [0, 0.1) is 23.7 Å². The predicted molar refractivity (Wildman–Crippen MR) is 78.7 cm³/mol. The first-order valence-corrected chi connectivity index (χ1v) is 7.49. The van der Waals surface area contributed by atoms with Crippen molar-refractivity contribution in [3.05, 3.63) is 0 Å². The molecule has 0 aromatic heterocycles. The molecule has 2 saturated carbocycles. The van der Waals surface area contributed by atoms with E-state index in [1.807, 2.05) is 6.92 Å². The Bertz CT molecular complexity index is 356. The minimum Gasteiger partial charge on any atom is -0.378 e.